The average Bonchev–Trinajstić information content (AvgIpc) is 2.27. The minimum atomic E-state index is 0.375. The molecule has 0 aliphatic heterocycles. The van der Waals surface area contributed by atoms with E-state index in [9.17, 15) is 0 Å². The first-order valence-electron chi connectivity index (χ1n) is 5.71. The van der Waals surface area contributed by atoms with E-state index in [2.05, 4.69) is 42.6 Å². The van der Waals surface area contributed by atoms with Crippen molar-refractivity contribution >= 4 is 11.0 Å². The molecule has 0 aromatic carbocycles. The minimum Gasteiger partial charge on any atom is -0.259 e. The summed E-state index contributed by atoms with van der Waals surface area (Å²) in [5.41, 5.74) is 3.95. The van der Waals surface area contributed by atoms with E-state index in [4.69, 9.17) is 0 Å². The molecule has 0 amide bonds. The maximum Gasteiger partial charge on any atom is 0.111 e. The van der Waals surface area contributed by atoms with Gasteiger partial charge in [-0.15, -0.1) is 0 Å². The normalized spacial score (nSPS) is 11.6. The second kappa shape index (κ2) is 4.16. The standard InChI is InChI=1S/C13H17N3/c1-8(2)11-7-15-10-5-6-14-12(9(3)4)13(10)16-11/h5-9H,1-4H3. The number of rotatable bonds is 2. The van der Waals surface area contributed by atoms with E-state index in [1.807, 2.05) is 12.3 Å². The van der Waals surface area contributed by atoms with Crippen LogP contribution in [0, 0.1) is 0 Å². The van der Waals surface area contributed by atoms with Gasteiger partial charge in [-0.3, -0.25) is 9.97 Å². The van der Waals surface area contributed by atoms with Gasteiger partial charge in [-0.05, 0) is 17.9 Å². The quantitative estimate of drug-likeness (QED) is 0.771. The minimum absolute atomic E-state index is 0.375. The van der Waals surface area contributed by atoms with Crippen molar-refractivity contribution in [2.75, 3.05) is 0 Å². The van der Waals surface area contributed by atoms with Crippen molar-refractivity contribution < 1.29 is 0 Å². The van der Waals surface area contributed by atoms with Gasteiger partial charge in [-0.1, -0.05) is 27.7 Å². The van der Waals surface area contributed by atoms with E-state index in [0.29, 0.717) is 11.8 Å². The lowest BCUT2D eigenvalue weighted by atomic mass is 10.1. The van der Waals surface area contributed by atoms with Crippen LogP contribution in [0.1, 0.15) is 50.9 Å². The summed E-state index contributed by atoms with van der Waals surface area (Å²) in [5, 5.41) is 0. The number of fused-ring (bicyclic) bond motifs is 1. The second-order valence-electron chi connectivity index (χ2n) is 4.67. The summed E-state index contributed by atoms with van der Waals surface area (Å²) in [6.07, 6.45) is 3.67. The Balaban J connectivity index is 2.68. The van der Waals surface area contributed by atoms with E-state index in [1.54, 1.807) is 6.20 Å². The zero-order valence-electron chi connectivity index (χ0n) is 10.2. The molecule has 0 bridgehead atoms. The summed E-state index contributed by atoms with van der Waals surface area (Å²) in [7, 11) is 0. The molecule has 0 N–H and O–H groups in total. The van der Waals surface area contributed by atoms with Crippen LogP contribution in [0.4, 0.5) is 0 Å². The van der Waals surface area contributed by atoms with Gasteiger partial charge in [-0.25, -0.2) is 4.98 Å². The van der Waals surface area contributed by atoms with Crippen LogP contribution in [0.5, 0.6) is 0 Å². The number of hydrogen-bond acceptors (Lipinski definition) is 3. The lowest BCUT2D eigenvalue weighted by Crippen LogP contribution is -2.01. The molecular weight excluding hydrogens is 198 g/mol. The van der Waals surface area contributed by atoms with Crippen molar-refractivity contribution in [3.63, 3.8) is 0 Å². The second-order valence-corrected chi connectivity index (χ2v) is 4.67. The molecular formula is C13H17N3. The van der Waals surface area contributed by atoms with Crippen LogP contribution >= 0.6 is 0 Å². The van der Waals surface area contributed by atoms with Gasteiger partial charge < -0.3 is 0 Å². The predicted molar refractivity (Wildman–Crippen MR) is 65.5 cm³/mol. The van der Waals surface area contributed by atoms with E-state index in [-0.39, 0.29) is 0 Å². The first-order chi connectivity index (χ1) is 7.59. The fourth-order valence-electron chi connectivity index (χ4n) is 1.67. The highest BCUT2D eigenvalue weighted by Gasteiger charge is 2.10. The van der Waals surface area contributed by atoms with E-state index in [1.165, 1.54) is 0 Å². The largest absolute Gasteiger partial charge is 0.259 e. The van der Waals surface area contributed by atoms with E-state index >= 15 is 0 Å². The number of hydrogen-bond donors (Lipinski definition) is 0. The molecule has 3 nitrogen and oxygen atoms in total. The van der Waals surface area contributed by atoms with Crippen LogP contribution < -0.4 is 0 Å². The summed E-state index contributed by atoms with van der Waals surface area (Å²) in [5.74, 6) is 0.775. The van der Waals surface area contributed by atoms with E-state index in [0.717, 1.165) is 22.4 Å². The molecule has 0 spiro atoms. The number of nitrogens with zero attached hydrogens (tertiary/aromatic N) is 3. The molecule has 2 aromatic rings. The van der Waals surface area contributed by atoms with Crippen molar-refractivity contribution in [2.24, 2.45) is 0 Å². The molecule has 0 saturated carbocycles. The molecule has 3 heteroatoms. The predicted octanol–water partition coefficient (Wildman–Crippen LogP) is 3.27. The average molecular weight is 215 g/mol. The Kier molecular flexibility index (Phi) is 2.86. The van der Waals surface area contributed by atoms with Crippen LogP contribution in [0.3, 0.4) is 0 Å². The SMILES string of the molecule is CC(C)c1cnc2ccnc(C(C)C)c2n1. The highest BCUT2D eigenvalue weighted by molar-refractivity contribution is 5.76. The third kappa shape index (κ3) is 1.90. The molecule has 2 aromatic heterocycles. The van der Waals surface area contributed by atoms with Gasteiger partial charge in [0.15, 0.2) is 0 Å². The third-order valence-corrected chi connectivity index (χ3v) is 2.65. The summed E-state index contributed by atoms with van der Waals surface area (Å²) < 4.78 is 0. The summed E-state index contributed by atoms with van der Waals surface area (Å²) in [6, 6.07) is 1.92. The monoisotopic (exact) mass is 215 g/mol. The smallest absolute Gasteiger partial charge is 0.111 e. The highest BCUT2D eigenvalue weighted by Crippen LogP contribution is 2.21. The Morgan fingerprint density at radius 3 is 2.38 bits per heavy atom. The summed E-state index contributed by atoms with van der Waals surface area (Å²) in [4.78, 5) is 13.5. The number of pyridine rings is 1. The molecule has 16 heavy (non-hydrogen) atoms. The first-order valence-corrected chi connectivity index (χ1v) is 5.71. The molecule has 2 rings (SSSR count). The van der Waals surface area contributed by atoms with Gasteiger partial charge in [0.2, 0.25) is 0 Å². The van der Waals surface area contributed by atoms with Crippen molar-refractivity contribution in [1.82, 2.24) is 15.0 Å². The lowest BCUT2D eigenvalue weighted by Gasteiger charge is -2.10. The molecule has 2 heterocycles. The molecule has 0 unspecified atom stereocenters. The van der Waals surface area contributed by atoms with Crippen molar-refractivity contribution in [2.45, 2.75) is 39.5 Å². The van der Waals surface area contributed by atoms with Gasteiger partial charge in [0.25, 0.3) is 0 Å². The lowest BCUT2D eigenvalue weighted by molar-refractivity contribution is 0.804. The molecule has 0 aliphatic carbocycles. The van der Waals surface area contributed by atoms with Crippen LogP contribution in [-0.2, 0) is 0 Å². The van der Waals surface area contributed by atoms with Gasteiger partial charge in [0.1, 0.15) is 5.52 Å². The van der Waals surface area contributed by atoms with Gasteiger partial charge >= 0.3 is 0 Å². The maximum atomic E-state index is 4.67. The molecule has 0 aliphatic rings. The Hall–Kier alpha value is -1.51. The van der Waals surface area contributed by atoms with Gasteiger partial charge in [0, 0.05) is 12.4 Å². The van der Waals surface area contributed by atoms with Crippen molar-refractivity contribution in [1.29, 1.82) is 0 Å². The highest BCUT2D eigenvalue weighted by atomic mass is 14.8. The van der Waals surface area contributed by atoms with Gasteiger partial charge in [-0.2, -0.15) is 0 Å². The topological polar surface area (TPSA) is 38.7 Å². The van der Waals surface area contributed by atoms with Crippen LogP contribution in [-0.4, -0.2) is 15.0 Å². The molecule has 0 saturated heterocycles. The van der Waals surface area contributed by atoms with E-state index < -0.39 is 0 Å². The third-order valence-electron chi connectivity index (χ3n) is 2.65. The molecule has 0 fully saturated rings. The Morgan fingerprint density at radius 2 is 1.75 bits per heavy atom. The fourth-order valence-corrected chi connectivity index (χ4v) is 1.67. The van der Waals surface area contributed by atoms with Crippen molar-refractivity contribution in [3.8, 4) is 0 Å². The van der Waals surface area contributed by atoms with Crippen LogP contribution in [0.2, 0.25) is 0 Å². The molecule has 0 radical (unpaired) electrons. The zero-order valence-corrected chi connectivity index (χ0v) is 10.2. The Bertz CT molecular complexity index is 504. The first kappa shape index (κ1) is 11.0. The fraction of sp³-hybridized carbons (Fsp3) is 0.462. The molecule has 0 atom stereocenters. The van der Waals surface area contributed by atoms with Crippen molar-refractivity contribution in [3.05, 3.63) is 29.8 Å². The van der Waals surface area contributed by atoms with Crippen LogP contribution in [0.15, 0.2) is 18.5 Å². The number of aromatic nitrogens is 3. The Morgan fingerprint density at radius 1 is 1.00 bits per heavy atom. The Labute approximate surface area is 96.0 Å². The maximum absolute atomic E-state index is 4.67. The summed E-state index contributed by atoms with van der Waals surface area (Å²) >= 11 is 0. The van der Waals surface area contributed by atoms with Gasteiger partial charge in [0.05, 0.1) is 16.9 Å². The molecule has 84 valence electrons. The summed E-state index contributed by atoms with van der Waals surface area (Å²) in [6.45, 7) is 8.51. The van der Waals surface area contributed by atoms with Crippen LogP contribution in [0.25, 0.3) is 11.0 Å². The zero-order chi connectivity index (χ0) is 11.7.